The van der Waals surface area contributed by atoms with Gasteiger partial charge in [0.05, 0.1) is 22.4 Å². The zero-order valence-corrected chi connectivity index (χ0v) is 16.0. The van der Waals surface area contributed by atoms with Gasteiger partial charge in [-0.1, -0.05) is 43.3 Å². The summed E-state index contributed by atoms with van der Waals surface area (Å²) >= 11 is 0. The number of hydrogen-bond donors (Lipinski definition) is 1. The third-order valence-electron chi connectivity index (χ3n) is 5.21. The molecule has 0 aromatic heterocycles. The second-order valence-corrected chi connectivity index (χ2v) is 7.03. The number of nitro groups is 1. The lowest BCUT2D eigenvalue weighted by Crippen LogP contribution is -2.18. The van der Waals surface area contributed by atoms with E-state index in [-0.39, 0.29) is 17.5 Å². The number of anilines is 1. The Kier molecular flexibility index (Phi) is 4.99. The van der Waals surface area contributed by atoms with E-state index in [1.165, 1.54) is 17.7 Å². The molecule has 0 fully saturated rings. The normalized spacial score (nSPS) is 16.0. The lowest BCUT2D eigenvalue weighted by Gasteiger charge is -2.24. The lowest BCUT2D eigenvalue weighted by atomic mass is 9.97. The number of hydrogen-bond acceptors (Lipinski definition) is 5. The predicted octanol–water partition coefficient (Wildman–Crippen LogP) is 5.22. The quantitative estimate of drug-likeness (QED) is 0.481. The minimum Gasteiger partial charge on any atom is -0.508 e. The molecule has 4 rings (SSSR count). The van der Waals surface area contributed by atoms with Crippen molar-refractivity contribution in [1.29, 1.82) is 0 Å². The summed E-state index contributed by atoms with van der Waals surface area (Å²) in [6.07, 6.45) is 1.69. The number of benzene rings is 3. The molecule has 1 atom stereocenters. The Hall–Kier alpha value is -3.67. The van der Waals surface area contributed by atoms with Gasteiger partial charge < -0.3 is 5.11 Å². The van der Waals surface area contributed by atoms with Gasteiger partial charge >= 0.3 is 0 Å². The van der Waals surface area contributed by atoms with Crippen molar-refractivity contribution in [2.24, 2.45) is 5.10 Å². The molecule has 0 radical (unpaired) electrons. The standard InChI is InChI=1S/C23H21N3O3/c1-2-16-3-5-17(6-4-16)22-15-23(18-7-13-21(27)14-8-18)25(24-22)19-9-11-20(12-10-19)26(28)29/h3-14,23,27H,2,15H2,1H3/t23-/m0/s1. The smallest absolute Gasteiger partial charge is 0.269 e. The van der Waals surface area contributed by atoms with Gasteiger partial charge in [-0.25, -0.2) is 0 Å². The van der Waals surface area contributed by atoms with E-state index >= 15 is 0 Å². The Morgan fingerprint density at radius 2 is 1.69 bits per heavy atom. The fraction of sp³-hybridized carbons (Fsp3) is 0.174. The van der Waals surface area contributed by atoms with Gasteiger partial charge in [-0.2, -0.15) is 5.10 Å². The molecule has 0 unspecified atom stereocenters. The first-order valence-corrected chi connectivity index (χ1v) is 9.54. The van der Waals surface area contributed by atoms with E-state index in [2.05, 4.69) is 31.2 Å². The number of hydrazone groups is 1. The topological polar surface area (TPSA) is 79.0 Å². The van der Waals surface area contributed by atoms with Crippen molar-refractivity contribution in [2.75, 3.05) is 5.01 Å². The van der Waals surface area contributed by atoms with Crippen LogP contribution in [0.25, 0.3) is 0 Å². The van der Waals surface area contributed by atoms with E-state index in [1.807, 2.05) is 17.1 Å². The van der Waals surface area contributed by atoms with E-state index in [0.717, 1.165) is 28.9 Å². The molecule has 0 bridgehead atoms. The predicted molar refractivity (Wildman–Crippen MR) is 113 cm³/mol. The Balaban J connectivity index is 1.71. The molecule has 0 amide bonds. The molecule has 29 heavy (non-hydrogen) atoms. The van der Waals surface area contributed by atoms with Crippen LogP contribution in [-0.4, -0.2) is 15.7 Å². The Labute approximate surface area is 168 Å². The molecule has 0 spiro atoms. The fourth-order valence-electron chi connectivity index (χ4n) is 3.54. The van der Waals surface area contributed by atoms with E-state index in [0.29, 0.717) is 6.42 Å². The van der Waals surface area contributed by atoms with Crippen molar-refractivity contribution in [2.45, 2.75) is 25.8 Å². The van der Waals surface area contributed by atoms with Crippen molar-refractivity contribution in [1.82, 2.24) is 0 Å². The first-order chi connectivity index (χ1) is 14.0. The second-order valence-electron chi connectivity index (χ2n) is 7.03. The average molecular weight is 387 g/mol. The summed E-state index contributed by atoms with van der Waals surface area (Å²) in [6.45, 7) is 2.12. The maximum absolute atomic E-state index is 11.0. The van der Waals surface area contributed by atoms with Gasteiger partial charge in [0.25, 0.3) is 5.69 Å². The third kappa shape index (κ3) is 3.82. The van der Waals surface area contributed by atoms with Gasteiger partial charge in [0.1, 0.15) is 5.75 Å². The monoisotopic (exact) mass is 387 g/mol. The molecule has 0 saturated carbocycles. The number of nitrogens with zero attached hydrogens (tertiary/aromatic N) is 3. The number of aryl methyl sites for hydroxylation is 1. The molecule has 1 aliphatic rings. The molecule has 146 valence electrons. The summed E-state index contributed by atoms with van der Waals surface area (Å²) in [7, 11) is 0. The highest BCUT2D eigenvalue weighted by Gasteiger charge is 2.30. The SMILES string of the molecule is CCc1ccc(C2=NN(c3ccc([N+](=O)[O-])cc3)[C@H](c3ccc(O)cc3)C2)cc1. The zero-order valence-electron chi connectivity index (χ0n) is 16.0. The van der Waals surface area contributed by atoms with Crippen molar-refractivity contribution in [3.8, 4) is 5.75 Å². The van der Waals surface area contributed by atoms with Crippen LogP contribution in [0.1, 0.15) is 36.1 Å². The molecule has 1 heterocycles. The van der Waals surface area contributed by atoms with Crippen molar-refractivity contribution < 1.29 is 10.0 Å². The molecule has 6 nitrogen and oxygen atoms in total. The van der Waals surface area contributed by atoms with Crippen LogP contribution in [0.15, 0.2) is 77.9 Å². The maximum atomic E-state index is 11.0. The Morgan fingerprint density at radius 1 is 1.03 bits per heavy atom. The highest BCUT2D eigenvalue weighted by atomic mass is 16.6. The van der Waals surface area contributed by atoms with Crippen LogP contribution >= 0.6 is 0 Å². The average Bonchev–Trinajstić information content (AvgIpc) is 3.20. The van der Waals surface area contributed by atoms with Gasteiger partial charge in [0.15, 0.2) is 0 Å². The van der Waals surface area contributed by atoms with E-state index < -0.39 is 4.92 Å². The highest BCUT2D eigenvalue weighted by Crippen LogP contribution is 2.37. The molecule has 0 saturated heterocycles. The van der Waals surface area contributed by atoms with Crippen molar-refractivity contribution >= 4 is 17.1 Å². The first-order valence-electron chi connectivity index (χ1n) is 9.54. The van der Waals surface area contributed by atoms with Gasteiger partial charge in [-0.15, -0.1) is 0 Å². The molecular formula is C23H21N3O3. The van der Waals surface area contributed by atoms with E-state index in [9.17, 15) is 15.2 Å². The maximum Gasteiger partial charge on any atom is 0.269 e. The number of aromatic hydroxyl groups is 1. The van der Waals surface area contributed by atoms with E-state index in [1.54, 1.807) is 24.3 Å². The van der Waals surface area contributed by atoms with Crippen LogP contribution in [0.4, 0.5) is 11.4 Å². The first kappa shape index (κ1) is 18.7. The third-order valence-corrected chi connectivity index (χ3v) is 5.21. The molecule has 1 aliphatic heterocycles. The lowest BCUT2D eigenvalue weighted by molar-refractivity contribution is -0.384. The summed E-state index contributed by atoms with van der Waals surface area (Å²) in [5.74, 6) is 0.213. The van der Waals surface area contributed by atoms with Gasteiger partial charge in [0.2, 0.25) is 0 Å². The van der Waals surface area contributed by atoms with E-state index in [4.69, 9.17) is 5.10 Å². The molecule has 3 aromatic rings. The van der Waals surface area contributed by atoms with Crippen LogP contribution in [0.2, 0.25) is 0 Å². The number of phenolic OH excluding ortho intramolecular Hbond substituents is 1. The highest BCUT2D eigenvalue weighted by molar-refractivity contribution is 6.03. The molecular weight excluding hydrogens is 366 g/mol. The molecule has 3 aromatic carbocycles. The van der Waals surface area contributed by atoms with Gasteiger partial charge in [0, 0.05) is 18.6 Å². The summed E-state index contributed by atoms with van der Waals surface area (Å²) in [4.78, 5) is 10.6. The number of phenols is 1. The summed E-state index contributed by atoms with van der Waals surface area (Å²) in [6, 6.07) is 21.9. The fourth-order valence-corrected chi connectivity index (χ4v) is 3.54. The molecule has 6 heteroatoms. The van der Waals surface area contributed by atoms with Crippen molar-refractivity contribution in [3.05, 3.63) is 99.6 Å². The largest absolute Gasteiger partial charge is 0.508 e. The number of nitro benzene ring substituents is 1. The van der Waals surface area contributed by atoms with Crippen LogP contribution < -0.4 is 5.01 Å². The summed E-state index contributed by atoms with van der Waals surface area (Å²) in [5, 5.41) is 27.4. The Morgan fingerprint density at radius 3 is 2.28 bits per heavy atom. The van der Waals surface area contributed by atoms with Gasteiger partial charge in [-0.05, 0) is 47.4 Å². The van der Waals surface area contributed by atoms with Crippen LogP contribution in [0, 0.1) is 10.1 Å². The Bertz CT molecular complexity index is 1040. The molecule has 0 aliphatic carbocycles. The van der Waals surface area contributed by atoms with Gasteiger partial charge in [-0.3, -0.25) is 15.1 Å². The van der Waals surface area contributed by atoms with Crippen molar-refractivity contribution in [3.63, 3.8) is 0 Å². The minimum absolute atomic E-state index is 0.0495. The molecule has 1 N–H and O–H groups in total. The number of non-ortho nitro benzene ring substituents is 1. The second kappa shape index (κ2) is 7.75. The summed E-state index contributed by atoms with van der Waals surface area (Å²) < 4.78 is 0. The zero-order chi connectivity index (χ0) is 20.4. The van der Waals surface area contributed by atoms with Crippen LogP contribution in [0.5, 0.6) is 5.75 Å². The van der Waals surface area contributed by atoms with Crippen LogP contribution in [0.3, 0.4) is 0 Å². The minimum atomic E-state index is -0.408. The van der Waals surface area contributed by atoms with Crippen LogP contribution in [-0.2, 0) is 6.42 Å². The number of rotatable bonds is 5. The summed E-state index contributed by atoms with van der Waals surface area (Å²) in [5.41, 5.74) is 5.15.